The average Bonchev–Trinajstić information content (AvgIpc) is 3.25. The van der Waals surface area contributed by atoms with E-state index in [1.807, 2.05) is 35.0 Å². The van der Waals surface area contributed by atoms with Crippen LogP contribution >= 0.6 is 11.6 Å². The number of nitrogens with two attached hydrogens (primary N) is 1. The second-order valence-corrected chi connectivity index (χ2v) is 8.10. The molecule has 7 nitrogen and oxygen atoms in total. The number of rotatable bonds is 4. The highest BCUT2D eigenvalue weighted by molar-refractivity contribution is 6.32. The fraction of sp³-hybridized carbons (Fsp3) is 0.320. The number of hydrogen-bond acceptors (Lipinski definition) is 4. The summed E-state index contributed by atoms with van der Waals surface area (Å²) in [5.74, 6) is -0.652. The van der Waals surface area contributed by atoms with Gasteiger partial charge in [-0.05, 0) is 30.3 Å². The highest BCUT2D eigenvalue weighted by Crippen LogP contribution is 2.23. The lowest BCUT2D eigenvalue weighted by Gasteiger charge is -2.05. The van der Waals surface area contributed by atoms with Gasteiger partial charge in [0.15, 0.2) is 0 Å². The Hall–Kier alpha value is -3.32. The molecule has 0 aliphatic heterocycles. The third-order valence-corrected chi connectivity index (χ3v) is 5.63. The maximum absolute atomic E-state index is 11.3. The van der Waals surface area contributed by atoms with Gasteiger partial charge in [-0.25, -0.2) is 0 Å². The van der Waals surface area contributed by atoms with Crippen molar-refractivity contribution in [3.63, 3.8) is 0 Å². The molecule has 0 bridgehead atoms. The van der Waals surface area contributed by atoms with Crippen LogP contribution in [-0.4, -0.2) is 34.8 Å². The van der Waals surface area contributed by atoms with Crippen LogP contribution in [0, 0.1) is 5.41 Å². The number of phenolic OH excluding ortho intramolecular Hbond substituents is 1. The molecule has 2 amide bonds. The number of aromatic nitrogens is 1. The van der Waals surface area contributed by atoms with Crippen LogP contribution in [0.25, 0.3) is 10.9 Å². The Morgan fingerprint density at radius 2 is 1.76 bits per heavy atom. The molecule has 3 aromatic rings. The van der Waals surface area contributed by atoms with E-state index in [1.165, 1.54) is 62.9 Å². The van der Waals surface area contributed by atoms with Gasteiger partial charge in [0.25, 0.3) is 0 Å². The molecular formula is C25H31ClN4O3. The van der Waals surface area contributed by atoms with Gasteiger partial charge in [0, 0.05) is 41.5 Å². The molecule has 0 unspecified atom stereocenters. The van der Waals surface area contributed by atoms with E-state index in [0.717, 1.165) is 16.5 Å². The fourth-order valence-electron chi connectivity index (χ4n) is 3.47. The first-order valence-electron chi connectivity index (χ1n) is 10.9. The molecule has 8 heteroatoms. The van der Waals surface area contributed by atoms with Gasteiger partial charge < -0.3 is 26.1 Å². The van der Waals surface area contributed by atoms with E-state index in [9.17, 15) is 9.59 Å². The van der Waals surface area contributed by atoms with Crippen molar-refractivity contribution < 1.29 is 14.7 Å². The predicted molar refractivity (Wildman–Crippen MR) is 133 cm³/mol. The van der Waals surface area contributed by atoms with Crippen LogP contribution in [0.5, 0.6) is 5.75 Å². The van der Waals surface area contributed by atoms with Gasteiger partial charge in [-0.1, -0.05) is 62.3 Å². The second-order valence-electron chi connectivity index (χ2n) is 7.69. The summed E-state index contributed by atoms with van der Waals surface area (Å²) < 4.78 is 1.88. The quantitative estimate of drug-likeness (QED) is 0.407. The first-order valence-corrected chi connectivity index (χ1v) is 11.3. The molecule has 1 heterocycles. The maximum atomic E-state index is 11.3. The number of benzene rings is 2. The SMILES string of the molecule is C1CCCCC1.CNC(=O)Cn1ccc2c(C=N)cccc21.NC(=O)c1ccc(O)c(Cl)c1. The Kier molecular flexibility index (Phi) is 10.4. The topological polar surface area (TPSA) is 121 Å². The largest absolute Gasteiger partial charge is 0.506 e. The molecule has 1 saturated carbocycles. The average molecular weight is 471 g/mol. The van der Waals surface area contributed by atoms with Crippen LogP contribution in [0.2, 0.25) is 5.02 Å². The Bertz CT molecular complexity index is 1080. The van der Waals surface area contributed by atoms with Gasteiger partial charge in [0.05, 0.1) is 5.02 Å². The molecule has 5 N–H and O–H groups in total. The maximum Gasteiger partial charge on any atom is 0.248 e. The van der Waals surface area contributed by atoms with E-state index in [4.69, 9.17) is 27.9 Å². The van der Waals surface area contributed by atoms with Crippen molar-refractivity contribution in [3.8, 4) is 5.75 Å². The van der Waals surface area contributed by atoms with E-state index in [0.29, 0.717) is 6.54 Å². The second kappa shape index (κ2) is 13.3. The monoisotopic (exact) mass is 470 g/mol. The van der Waals surface area contributed by atoms with Gasteiger partial charge in [-0.3, -0.25) is 9.59 Å². The van der Waals surface area contributed by atoms with Gasteiger partial charge in [-0.2, -0.15) is 0 Å². The molecule has 2 aromatic carbocycles. The molecule has 4 rings (SSSR count). The lowest BCUT2D eigenvalue weighted by Crippen LogP contribution is -2.22. The molecular weight excluding hydrogens is 440 g/mol. The summed E-state index contributed by atoms with van der Waals surface area (Å²) in [4.78, 5) is 21.8. The van der Waals surface area contributed by atoms with Crippen LogP contribution in [0.4, 0.5) is 0 Å². The molecule has 0 spiro atoms. The van der Waals surface area contributed by atoms with E-state index < -0.39 is 5.91 Å². The fourth-order valence-corrected chi connectivity index (χ4v) is 3.65. The van der Waals surface area contributed by atoms with Crippen molar-refractivity contribution in [2.45, 2.75) is 45.1 Å². The number of phenols is 1. The van der Waals surface area contributed by atoms with Gasteiger partial charge in [-0.15, -0.1) is 0 Å². The number of nitrogens with zero attached hydrogens (tertiary/aromatic N) is 1. The van der Waals surface area contributed by atoms with E-state index in [-0.39, 0.29) is 22.2 Å². The van der Waals surface area contributed by atoms with Crippen LogP contribution in [0.3, 0.4) is 0 Å². The molecule has 1 fully saturated rings. The number of amides is 2. The van der Waals surface area contributed by atoms with Gasteiger partial charge in [0.1, 0.15) is 12.3 Å². The standard InChI is InChI=1S/C12H13N3O.C7H6ClNO2.C6H12/c1-14-12(16)8-15-6-5-10-9(7-13)3-2-4-11(10)15;8-5-3-4(7(9)11)1-2-6(5)10;1-2-4-6-5-3-1/h2-7,13H,8H2,1H3,(H,14,16);1-3,10H,(H2,9,11);1-6H2. The van der Waals surface area contributed by atoms with Crippen molar-refractivity contribution in [1.82, 2.24) is 9.88 Å². The van der Waals surface area contributed by atoms with Crippen LogP contribution in [0.1, 0.15) is 54.4 Å². The Balaban J connectivity index is 0.000000195. The number of carbonyl (C=O) groups is 2. The van der Waals surface area contributed by atoms with Crippen molar-refractivity contribution in [2.75, 3.05) is 7.05 Å². The minimum Gasteiger partial charge on any atom is -0.506 e. The number of halogens is 1. The normalized spacial score (nSPS) is 12.5. The number of likely N-dealkylation sites (N-methyl/N-ethyl adjacent to an activating group) is 1. The lowest BCUT2D eigenvalue weighted by atomic mass is 10.0. The van der Waals surface area contributed by atoms with Crippen molar-refractivity contribution in [2.24, 2.45) is 5.73 Å². The molecule has 0 saturated heterocycles. The molecule has 1 aliphatic rings. The summed E-state index contributed by atoms with van der Waals surface area (Å²) in [6, 6.07) is 11.7. The summed E-state index contributed by atoms with van der Waals surface area (Å²) >= 11 is 5.50. The zero-order chi connectivity index (χ0) is 24.2. The summed E-state index contributed by atoms with van der Waals surface area (Å²) in [6.07, 6.45) is 12.2. The lowest BCUT2D eigenvalue weighted by molar-refractivity contribution is -0.121. The van der Waals surface area contributed by atoms with E-state index in [2.05, 4.69) is 5.32 Å². The van der Waals surface area contributed by atoms with E-state index >= 15 is 0 Å². The first kappa shape index (κ1) is 25.9. The zero-order valence-corrected chi connectivity index (χ0v) is 19.6. The van der Waals surface area contributed by atoms with Crippen LogP contribution in [-0.2, 0) is 11.3 Å². The summed E-state index contributed by atoms with van der Waals surface area (Å²) in [7, 11) is 1.62. The predicted octanol–water partition coefficient (Wildman–Crippen LogP) is 4.87. The third kappa shape index (κ3) is 7.95. The Morgan fingerprint density at radius 3 is 2.27 bits per heavy atom. The Labute approximate surface area is 199 Å². The summed E-state index contributed by atoms with van der Waals surface area (Å²) in [6.45, 7) is 0.307. The van der Waals surface area contributed by atoms with Gasteiger partial charge in [0.2, 0.25) is 11.8 Å². The number of fused-ring (bicyclic) bond motifs is 1. The van der Waals surface area contributed by atoms with Crippen LogP contribution in [0.15, 0.2) is 48.7 Å². The van der Waals surface area contributed by atoms with E-state index in [1.54, 1.807) is 7.05 Å². The van der Waals surface area contributed by atoms with Crippen molar-refractivity contribution in [3.05, 3.63) is 64.8 Å². The molecule has 0 atom stereocenters. The number of hydrogen-bond donors (Lipinski definition) is 4. The number of aromatic hydroxyl groups is 1. The minimum absolute atomic E-state index is 0.0299. The minimum atomic E-state index is -0.563. The number of nitrogens with one attached hydrogen (secondary N) is 2. The van der Waals surface area contributed by atoms with Crippen molar-refractivity contribution >= 4 is 40.5 Å². The third-order valence-electron chi connectivity index (χ3n) is 5.33. The molecule has 1 aliphatic carbocycles. The molecule has 1 aromatic heterocycles. The van der Waals surface area contributed by atoms with Crippen LogP contribution < -0.4 is 11.1 Å². The highest BCUT2D eigenvalue weighted by Gasteiger charge is 2.06. The summed E-state index contributed by atoms with van der Waals surface area (Å²) in [5.41, 5.74) is 7.08. The smallest absolute Gasteiger partial charge is 0.248 e. The number of primary amides is 1. The molecule has 33 heavy (non-hydrogen) atoms. The molecule has 0 radical (unpaired) electrons. The Morgan fingerprint density at radius 1 is 1.12 bits per heavy atom. The zero-order valence-electron chi connectivity index (χ0n) is 18.8. The summed E-state index contributed by atoms with van der Waals surface area (Å²) in [5, 5.41) is 20.0. The first-order chi connectivity index (χ1) is 15.9. The highest BCUT2D eigenvalue weighted by atomic mass is 35.5. The van der Waals surface area contributed by atoms with Crippen molar-refractivity contribution in [1.29, 1.82) is 5.41 Å². The van der Waals surface area contributed by atoms with Gasteiger partial charge >= 0.3 is 0 Å². The molecule has 176 valence electrons. The number of carbonyl (C=O) groups excluding carboxylic acids is 2.